The van der Waals surface area contributed by atoms with Crippen LogP contribution < -0.4 is 10.6 Å². The summed E-state index contributed by atoms with van der Waals surface area (Å²) in [6, 6.07) is 6.79. The molecule has 0 bridgehead atoms. The molecule has 1 saturated carbocycles. The Hall–Kier alpha value is -2.37. The number of carboxylic acids is 1. The van der Waals surface area contributed by atoms with Gasteiger partial charge in [-0.1, -0.05) is 12.1 Å². The quantitative estimate of drug-likeness (QED) is 0.635. The van der Waals surface area contributed by atoms with Crippen molar-refractivity contribution in [3.8, 4) is 0 Å². The molecule has 0 unspecified atom stereocenters. The first-order chi connectivity index (χ1) is 10.5. The Balaban J connectivity index is 1.69. The molecule has 0 radical (unpaired) electrons. The van der Waals surface area contributed by atoms with Gasteiger partial charge in [-0.05, 0) is 37.0 Å². The topological polar surface area (TPSA) is 95.5 Å². The lowest BCUT2D eigenvalue weighted by atomic mass is 10.1. The minimum Gasteiger partial charge on any atom is -0.481 e. The van der Waals surface area contributed by atoms with Gasteiger partial charge >= 0.3 is 5.97 Å². The van der Waals surface area contributed by atoms with Crippen molar-refractivity contribution in [1.82, 2.24) is 5.32 Å². The summed E-state index contributed by atoms with van der Waals surface area (Å²) in [6.45, 7) is 0.502. The van der Waals surface area contributed by atoms with Gasteiger partial charge < -0.3 is 15.7 Å². The molecule has 1 aromatic carbocycles. The summed E-state index contributed by atoms with van der Waals surface area (Å²) >= 11 is 0. The van der Waals surface area contributed by atoms with E-state index in [0.29, 0.717) is 30.6 Å². The number of anilines is 1. The number of nitrogens with one attached hydrogen (secondary N) is 2. The normalized spacial score (nSPS) is 13.5. The van der Waals surface area contributed by atoms with Crippen molar-refractivity contribution >= 4 is 23.5 Å². The van der Waals surface area contributed by atoms with Crippen molar-refractivity contribution in [1.29, 1.82) is 0 Å². The van der Waals surface area contributed by atoms with Gasteiger partial charge in [-0.2, -0.15) is 0 Å². The standard InChI is InChI=1S/C16H20N2O4/c19-14(5-2-8-17-16(22)12-6-7-12)18-13-4-1-3-11(9-13)10-15(20)21/h1,3-4,9,12H,2,5-8,10H2,(H,17,22)(H,18,19)(H,20,21). The smallest absolute Gasteiger partial charge is 0.307 e. The van der Waals surface area contributed by atoms with Crippen LogP contribution in [0.1, 0.15) is 31.2 Å². The number of rotatable bonds is 8. The van der Waals surface area contributed by atoms with E-state index in [9.17, 15) is 14.4 Å². The highest BCUT2D eigenvalue weighted by molar-refractivity contribution is 5.91. The highest BCUT2D eigenvalue weighted by Crippen LogP contribution is 2.28. The van der Waals surface area contributed by atoms with Crippen LogP contribution in [0, 0.1) is 5.92 Å². The predicted octanol–water partition coefficient (Wildman–Crippen LogP) is 1.56. The predicted molar refractivity (Wildman–Crippen MR) is 81.4 cm³/mol. The molecular weight excluding hydrogens is 284 g/mol. The zero-order chi connectivity index (χ0) is 15.9. The van der Waals surface area contributed by atoms with Gasteiger partial charge in [-0.15, -0.1) is 0 Å². The fraction of sp³-hybridized carbons (Fsp3) is 0.438. The van der Waals surface area contributed by atoms with Crippen molar-refractivity contribution in [2.45, 2.75) is 32.1 Å². The molecule has 0 spiro atoms. The first kappa shape index (κ1) is 16.0. The van der Waals surface area contributed by atoms with Crippen molar-refractivity contribution in [3.63, 3.8) is 0 Å². The molecule has 6 heteroatoms. The van der Waals surface area contributed by atoms with E-state index in [1.165, 1.54) is 0 Å². The zero-order valence-corrected chi connectivity index (χ0v) is 12.3. The third-order valence-electron chi connectivity index (χ3n) is 3.39. The number of hydrogen-bond acceptors (Lipinski definition) is 3. The van der Waals surface area contributed by atoms with Crippen LogP contribution in [0.2, 0.25) is 0 Å². The molecule has 118 valence electrons. The molecule has 1 aromatic rings. The van der Waals surface area contributed by atoms with E-state index in [2.05, 4.69) is 10.6 Å². The Labute approximate surface area is 128 Å². The SMILES string of the molecule is O=C(O)Cc1cccc(NC(=O)CCCNC(=O)C2CC2)c1. The summed E-state index contributed by atoms with van der Waals surface area (Å²) in [5, 5.41) is 14.3. The number of amides is 2. The molecule has 0 atom stereocenters. The second-order valence-electron chi connectivity index (χ2n) is 5.49. The summed E-state index contributed by atoms with van der Waals surface area (Å²) in [5.74, 6) is -0.782. The fourth-order valence-electron chi connectivity index (χ4n) is 2.11. The van der Waals surface area contributed by atoms with Crippen LogP contribution in [0.4, 0.5) is 5.69 Å². The van der Waals surface area contributed by atoms with E-state index in [-0.39, 0.29) is 24.2 Å². The van der Waals surface area contributed by atoms with Gasteiger partial charge in [0.05, 0.1) is 6.42 Å². The van der Waals surface area contributed by atoms with Gasteiger partial charge in [0.25, 0.3) is 0 Å². The minimum absolute atomic E-state index is 0.0725. The van der Waals surface area contributed by atoms with E-state index in [4.69, 9.17) is 5.11 Å². The molecule has 1 fully saturated rings. The van der Waals surface area contributed by atoms with Crippen LogP contribution >= 0.6 is 0 Å². The number of carboxylic acid groups (broad SMARTS) is 1. The number of aliphatic carboxylic acids is 1. The Morgan fingerprint density at radius 3 is 2.68 bits per heavy atom. The Morgan fingerprint density at radius 2 is 2.00 bits per heavy atom. The van der Waals surface area contributed by atoms with E-state index < -0.39 is 5.97 Å². The number of carbonyl (C=O) groups excluding carboxylic acids is 2. The first-order valence-electron chi connectivity index (χ1n) is 7.43. The highest BCUT2D eigenvalue weighted by atomic mass is 16.4. The molecule has 0 aliphatic heterocycles. The third kappa shape index (κ3) is 5.55. The lowest BCUT2D eigenvalue weighted by Crippen LogP contribution is -2.26. The molecule has 22 heavy (non-hydrogen) atoms. The van der Waals surface area contributed by atoms with Crippen LogP contribution in [0.3, 0.4) is 0 Å². The van der Waals surface area contributed by atoms with Gasteiger partial charge in [-0.25, -0.2) is 0 Å². The van der Waals surface area contributed by atoms with E-state index >= 15 is 0 Å². The molecular formula is C16H20N2O4. The molecule has 0 heterocycles. The molecule has 3 N–H and O–H groups in total. The van der Waals surface area contributed by atoms with Crippen LogP contribution in [0.25, 0.3) is 0 Å². The molecule has 0 aromatic heterocycles. The van der Waals surface area contributed by atoms with Gasteiger partial charge in [-0.3, -0.25) is 14.4 Å². The molecule has 6 nitrogen and oxygen atoms in total. The molecule has 1 aliphatic carbocycles. The fourth-order valence-corrected chi connectivity index (χ4v) is 2.11. The monoisotopic (exact) mass is 304 g/mol. The second kappa shape index (κ2) is 7.59. The maximum absolute atomic E-state index is 11.8. The Morgan fingerprint density at radius 1 is 1.23 bits per heavy atom. The number of hydrogen-bond donors (Lipinski definition) is 3. The maximum atomic E-state index is 11.8. The lowest BCUT2D eigenvalue weighted by molar-refractivity contribution is -0.136. The second-order valence-corrected chi connectivity index (χ2v) is 5.49. The number of benzene rings is 1. The van der Waals surface area contributed by atoms with Crippen molar-refractivity contribution in [3.05, 3.63) is 29.8 Å². The number of carbonyl (C=O) groups is 3. The van der Waals surface area contributed by atoms with Crippen LogP contribution in [-0.4, -0.2) is 29.4 Å². The van der Waals surface area contributed by atoms with Crippen molar-refractivity contribution in [2.24, 2.45) is 5.92 Å². The summed E-state index contributed by atoms with van der Waals surface area (Å²) in [7, 11) is 0. The van der Waals surface area contributed by atoms with Crippen LogP contribution in [-0.2, 0) is 20.8 Å². The van der Waals surface area contributed by atoms with E-state index in [1.807, 2.05) is 0 Å². The molecule has 2 amide bonds. The Bertz CT molecular complexity index is 567. The molecule has 2 rings (SSSR count). The van der Waals surface area contributed by atoms with Gasteiger partial charge in [0.2, 0.25) is 11.8 Å². The summed E-state index contributed by atoms with van der Waals surface area (Å²) in [4.78, 5) is 33.9. The van der Waals surface area contributed by atoms with E-state index in [0.717, 1.165) is 12.8 Å². The van der Waals surface area contributed by atoms with Gasteiger partial charge in [0.15, 0.2) is 0 Å². The summed E-state index contributed by atoms with van der Waals surface area (Å²) in [5.41, 5.74) is 1.23. The van der Waals surface area contributed by atoms with Gasteiger partial charge in [0, 0.05) is 24.6 Å². The molecule has 0 saturated heterocycles. The first-order valence-corrected chi connectivity index (χ1v) is 7.43. The van der Waals surface area contributed by atoms with Gasteiger partial charge in [0.1, 0.15) is 0 Å². The lowest BCUT2D eigenvalue weighted by Gasteiger charge is -2.07. The average molecular weight is 304 g/mol. The summed E-state index contributed by atoms with van der Waals surface area (Å²) in [6.07, 6.45) is 2.77. The maximum Gasteiger partial charge on any atom is 0.307 e. The van der Waals surface area contributed by atoms with E-state index in [1.54, 1.807) is 24.3 Å². The van der Waals surface area contributed by atoms with Crippen molar-refractivity contribution in [2.75, 3.05) is 11.9 Å². The van der Waals surface area contributed by atoms with Crippen molar-refractivity contribution < 1.29 is 19.5 Å². The Kier molecular flexibility index (Phi) is 5.52. The third-order valence-corrected chi connectivity index (χ3v) is 3.39. The molecule has 1 aliphatic rings. The minimum atomic E-state index is -0.908. The average Bonchev–Trinajstić information content (AvgIpc) is 3.27. The highest BCUT2D eigenvalue weighted by Gasteiger charge is 2.28. The summed E-state index contributed by atoms with van der Waals surface area (Å²) < 4.78 is 0. The zero-order valence-electron chi connectivity index (χ0n) is 12.3. The van der Waals surface area contributed by atoms with Crippen LogP contribution in [0.15, 0.2) is 24.3 Å². The largest absolute Gasteiger partial charge is 0.481 e. The van der Waals surface area contributed by atoms with Crippen LogP contribution in [0.5, 0.6) is 0 Å².